The van der Waals surface area contributed by atoms with Crippen LogP contribution in [0.4, 0.5) is 0 Å². The Bertz CT molecular complexity index is 1260. The average molecular weight is 470 g/mol. The van der Waals surface area contributed by atoms with Gasteiger partial charge in [0.2, 0.25) is 0 Å². The van der Waals surface area contributed by atoms with Gasteiger partial charge in [0.15, 0.2) is 0 Å². The van der Waals surface area contributed by atoms with Gasteiger partial charge in [0.25, 0.3) is 10.1 Å². The Morgan fingerprint density at radius 2 is 1.09 bits per heavy atom. The predicted octanol–water partition coefficient (Wildman–Crippen LogP) is 5.72. The third-order valence-electron chi connectivity index (χ3n) is 6.53. The van der Waals surface area contributed by atoms with Crippen molar-refractivity contribution < 1.29 is 12.6 Å². The van der Waals surface area contributed by atoms with Gasteiger partial charge in [-0.25, -0.2) is 4.18 Å². The van der Waals surface area contributed by atoms with Gasteiger partial charge in [-0.05, 0) is 42.7 Å². The van der Waals surface area contributed by atoms with Crippen molar-refractivity contribution in [2.24, 2.45) is 0 Å². The van der Waals surface area contributed by atoms with Crippen molar-refractivity contribution in [3.63, 3.8) is 0 Å². The van der Waals surface area contributed by atoms with Crippen LogP contribution in [0, 0.1) is 6.92 Å². The third kappa shape index (κ3) is 3.86. The van der Waals surface area contributed by atoms with E-state index in [1.165, 1.54) is 0 Å². The summed E-state index contributed by atoms with van der Waals surface area (Å²) in [5.74, 6) is 0. The van der Waals surface area contributed by atoms with Crippen LogP contribution >= 0.6 is 0 Å². The molecular weight excluding hydrogens is 442 g/mol. The molecule has 0 saturated carbocycles. The van der Waals surface area contributed by atoms with Crippen molar-refractivity contribution in [2.45, 2.75) is 36.6 Å². The summed E-state index contributed by atoms with van der Waals surface area (Å²) in [6.07, 6.45) is -0.605. The van der Waals surface area contributed by atoms with E-state index >= 15 is 0 Å². The molecule has 4 nitrogen and oxygen atoms in total. The van der Waals surface area contributed by atoms with E-state index in [2.05, 4.69) is 41.3 Å². The maximum atomic E-state index is 13.2. The summed E-state index contributed by atoms with van der Waals surface area (Å²) in [4.78, 5) is 2.32. The van der Waals surface area contributed by atoms with Crippen molar-refractivity contribution in [3.05, 3.63) is 138 Å². The monoisotopic (exact) mass is 469 g/mol. The minimum atomic E-state index is -3.93. The normalized spacial score (nSPS) is 20.1. The van der Waals surface area contributed by atoms with Gasteiger partial charge in [-0.15, -0.1) is 0 Å². The summed E-state index contributed by atoms with van der Waals surface area (Å²) >= 11 is 0. The van der Waals surface area contributed by atoms with E-state index in [0.717, 1.165) is 22.3 Å². The fourth-order valence-corrected chi connectivity index (χ4v) is 5.91. The lowest BCUT2D eigenvalue weighted by Gasteiger charge is -2.38. The van der Waals surface area contributed by atoms with Gasteiger partial charge in [-0.1, -0.05) is 109 Å². The molecule has 5 heteroatoms. The first kappa shape index (κ1) is 22.5. The first-order valence-electron chi connectivity index (χ1n) is 11.4. The van der Waals surface area contributed by atoms with Crippen molar-refractivity contribution in [3.8, 4) is 0 Å². The molecule has 1 fully saturated rings. The molecule has 4 aromatic rings. The minimum absolute atomic E-state index is 0.124. The quantitative estimate of drug-likeness (QED) is 0.197. The summed E-state index contributed by atoms with van der Waals surface area (Å²) in [6.45, 7) is 3.94. The Kier molecular flexibility index (Phi) is 5.86. The smallest absolute Gasteiger partial charge is 0.251 e. The van der Waals surface area contributed by atoms with Gasteiger partial charge in [0.1, 0.15) is 6.23 Å². The van der Waals surface area contributed by atoms with E-state index in [-0.39, 0.29) is 10.9 Å². The molecule has 0 radical (unpaired) electrons. The zero-order chi connectivity index (χ0) is 23.8. The summed E-state index contributed by atoms with van der Waals surface area (Å²) in [7, 11) is -3.93. The summed E-state index contributed by atoms with van der Waals surface area (Å²) in [6, 6.07) is 37.3. The maximum absolute atomic E-state index is 13.2. The van der Waals surface area contributed by atoms with Crippen LogP contribution in [0.25, 0.3) is 0 Å². The van der Waals surface area contributed by atoms with E-state index in [4.69, 9.17) is 4.18 Å². The molecule has 172 valence electrons. The van der Waals surface area contributed by atoms with Crippen LogP contribution in [0.2, 0.25) is 0 Å². The second-order valence-electron chi connectivity index (χ2n) is 8.71. The van der Waals surface area contributed by atoms with Crippen LogP contribution in [0.5, 0.6) is 0 Å². The SMILES string of the molecule is Cc1ccc(S(=O)(=O)OC2C(C)N2C(c2ccccc2)(c2ccccc2)c2ccccc2)cc1. The molecule has 0 aliphatic carbocycles. The zero-order valence-corrected chi connectivity index (χ0v) is 20.0. The highest BCUT2D eigenvalue weighted by molar-refractivity contribution is 7.86. The number of hydrogen-bond acceptors (Lipinski definition) is 4. The van der Waals surface area contributed by atoms with E-state index in [0.29, 0.717) is 0 Å². The average Bonchev–Trinajstić information content (AvgIpc) is 3.49. The molecule has 4 aromatic carbocycles. The molecule has 1 aliphatic rings. The lowest BCUT2D eigenvalue weighted by atomic mass is 9.76. The molecule has 0 N–H and O–H groups in total. The van der Waals surface area contributed by atoms with Crippen molar-refractivity contribution in [2.75, 3.05) is 0 Å². The van der Waals surface area contributed by atoms with Crippen LogP contribution in [-0.4, -0.2) is 25.6 Å². The molecule has 0 bridgehead atoms. The topological polar surface area (TPSA) is 46.4 Å². The van der Waals surface area contributed by atoms with E-state index in [1.807, 2.05) is 68.4 Å². The summed E-state index contributed by atoms with van der Waals surface area (Å²) in [5.41, 5.74) is 3.45. The molecule has 0 amide bonds. The molecule has 3 unspecified atom stereocenters. The second kappa shape index (κ2) is 8.84. The summed E-state index contributed by atoms with van der Waals surface area (Å²) in [5, 5.41) is 0. The molecule has 0 aromatic heterocycles. The lowest BCUT2D eigenvalue weighted by molar-refractivity contribution is 0.188. The Morgan fingerprint density at radius 1 is 0.676 bits per heavy atom. The van der Waals surface area contributed by atoms with Crippen molar-refractivity contribution in [1.82, 2.24) is 4.90 Å². The Morgan fingerprint density at radius 3 is 1.50 bits per heavy atom. The van der Waals surface area contributed by atoms with Gasteiger partial charge in [0.05, 0.1) is 16.5 Å². The highest BCUT2D eigenvalue weighted by Gasteiger charge is 2.61. The fraction of sp³-hybridized carbons (Fsp3) is 0.172. The zero-order valence-electron chi connectivity index (χ0n) is 19.2. The first-order chi connectivity index (χ1) is 16.4. The van der Waals surface area contributed by atoms with E-state index in [1.54, 1.807) is 24.3 Å². The summed E-state index contributed by atoms with van der Waals surface area (Å²) < 4.78 is 32.2. The Hall–Kier alpha value is -3.25. The molecule has 5 rings (SSSR count). The number of hydrogen-bond donors (Lipinski definition) is 0. The van der Waals surface area contributed by atoms with Gasteiger partial charge >= 0.3 is 0 Å². The number of rotatable bonds is 7. The van der Waals surface area contributed by atoms with Crippen molar-refractivity contribution >= 4 is 10.1 Å². The van der Waals surface area contributed by atoms with Crippen molar-refractivity contribution in [1.29, 1.82) is 0 Å². The number of nitrogens with zero attached hydrogens (tertiary/aromatic N) is 1. The standard InChI is InChI=1S/C29H27NO3S/c1-22-18-20-27(21-19-22)34(31,32)33-28-23(2)30(28)29(24-12-6-3-7-13-24,25-14-8-4-9-15-25)26-16-10-5-11-17-26/h3-21,23,28H,1-2H3. The first-order valence-corrected chi connectivity index (χ1v) is 12.8. The van der Waals surface area contributed by atoms with Crippen LogP contribution in [0.3, 0.4) is 0 Å². The molecule has 34 heavy (non-hydrogen) atoms. The van der Waals surface area contributed by atoms with Gasteiger partial charge in [-0.2, -0.15) is 8.42 Å². The third-order valence-corrected chi connectivity index (χ3v) is 7.83. The highest BCUT2D eigenvalue weighted by Crippen LogP contribution is 2.52. The lowest BCUT2D eigenvalue weighted by Crippen LogP contribution is -2.40. The largest absolute Gasteiger partial charge is 0.298 e. The second-order valence-corrected chi connectivity index (χ2v) is 10.3. The van der Waals surface area contributed by atoms with E-state index < -0.39 is 21.9 Å². The fourth-order valence-electron chi connectivity index (χ4n) is 4.82. The minimum Gasteiger partial charge on any atom is -0.251 e. The highest BCUT2D eigenvalue weighted by atomic mass is 32.2. The van der Waals surface area contributed by atoms with Crippen LogP contribution in [0.15, 0.2) is 120 Å². The molecule has 0 spiro atoms. The number of benzene rings is 4. The Labute approximate surface area is 201 Å². The van der Waals surface area contributed by atoms with E-state index in [9.17, 15) is 8.42 Å². The number of aryl methyl sites for hydroxylation is 1. The molecular formula is C29H27NO3S. The molecule has 1 heterocycles. The van der Waals surface area contributed by atoms with Gasteiger partial charge in [-0.3, -0.25) is 4.90 Å². The molecule has 1 saturated heterocycles. The van der Waals surface area contributed by atoms with Gasteiger partial charge in [0, 0.05) is 0 Å². The van der Waals surface area contributed by atoms with Crippen LogP contribution in [-0.2, 0) is 19.8 Å². The van der Waals surface area contributed by atoms with Gasteiger partial charge < -0.3 is 0 Å². The van der Waals surface area contributed by atoms with Crippen LogP contribution in [0.1, 0.15) is 29.2 Å². The molecule has 1 aliphatic heterocycles. The molecule has 3 atom stereocenters. The maximum Gasteiger partial charge on any atom is 0.298 e. The van der Waals surface area contributed by atoms with Crippen LogP contribution < -0.4 is 0 Å². The Balaban J connectivity index is 1.64. The predicted molar refractivity (Wildman–Crippen MR) is 134 cm³/mol.